The van der Waals surface area contributed by atoms with Crippen LogP contribution >= 0.6 is 0 Å². The van der Waals surface area contributed by atoms with Gasteiger partial charge < -0.3 is 10.3 Å². The quantitative estimate of drug-likeness (QED) is 0.266. The highest BCUT2D eigenvalue weighted by Gasteiger charge is 2.21. The van der Waals surface area contributed by atoms with E-state index >= 15 is 4.39 Å². The monoisotopic (exact) mass is 510 g/mol. The van der Waals surface area contributed by atoms with E-state index in [0.717, 1.165) is 0 Å². The van der Waals surface area contributed by atoms with Crippen molar-refractivity contribution in [2.75, 3.05) is 5.32 Å². The van der Waals surface area contributed by atoms with Crippen LogP contribution in [0.1, 0.15) is 19.8 Å². The third-order valence-electron chi connectivity index (χ3n) is 6.04. The summed E-state index contributed by atoms with van der Waals surface area (Å²) < 4.78 is 29.8. The lowest BCUT2D eigenvalue weighted by molar-refractivity contribution is -0.116. The van der Waals surface area contributed by atoms with Crippen molar-refractivity contribution in [3.8, 4) is 34.0 Å². The number of carbonyl (C=O) groups is 1. The number of carbonyl (C=O) groups excluding carboxylic acids is 1. The van der Waals surface area contributed by atoms with Crippen LogP contribution in [0.5, 0.6) is 0 Å². The molecule has 1 amide bonds. The van der Waals surface area contributed by atoms with Gasteiger partial charge >= 0.3 is 0 Å². The second-order valence-electron chi connectivity index (χ2n) is 8.69. The van der Waals surface area contributed by atoms with Gasteiger partial charge in [0.15, 0.2) is 11.6 Å². The molecule has 11 heteroatoms. The van der Waals surface area contributed by atoms with Crippen LogP contribution in [0.25, 0.3) is 56.0 Å². The van der Waals surface area contributed by atoms with Gasteiger partial charge in [-0.05, 0) is 30.7 Å². The SMILES string of the molecule is CCCC(=O)Nc1cncc(-c2ncc3[nH]nc(-c4nc5c(-c6cccc(F)c6)nccc5[nH]4)c3c2F)c1. The lowest BCUT2D eigenvalue weighted by atomic mass is 10.1. The van der Waals surface area contributed by atoms with Gasteiger partial charge in [-0.3, -0.25) is 24.8 Å². The minimum absolute atomic E-state index is 0.0532. The van der Waals surface area contributed by atoms with E-state index in [1.807, 2.05) is 6.92 Å². The minimum atomic E-state index is -0.617. The zero-order valence-corrected chi connectivity index (χ0v) is 20.1. The summed E-state index contributed by atoms with van der Waals surface area (Å²) in [4.78, 5) is 32.6. The second kappa shape index (κ2) is 9.43. The maximum absolute atomic E-state index is 16.0. The molecule has 0 bridgehead atoms. The molecule has 0 atom stereocenters. The molecule has 1 aromatic carbocycles. The topological polar surface area (TPSA) is 125 Å². The predicted octanol–water partition coefficient (Wildman–Crippen LogP) is 5.64. The first-order valence-corrected chi connectivity index (χ1v) is 11.9. The van der Waals surface area contributed by atoms with E-state index in [0.29, 0.717) is 57.7 Å². The van der Waals surface area contributed by atoms with E-state index < -0.39 is 5.82 Å². The number of anilines is 1. The molecule has 6 rings (SSSR count). The van der Waals surface area contributed by atoms with E-state index in [4.69, 9.17) is 0 Å². The number of imidazole rings is 1. The average molecular weight is 511 g/mol. The lowest BCUT2D eigenvalue weighted by Gasteiger charge is -2.07. The third-order valence-corrected chi connectivity index (χ3v) is 6.04. The van der Waals surface area contributed by atoms with Crippen molar-refractivity contribution in [1.29, 1.82) is 0 Å². The maximum atomic E-state index is 16.0. The van der Waals surface area contributed by atoms with Crippen LogP contribution in [0.3, 0.4) is 0 Å². The summed E-state index contributed by atoms with van der Waals surface area (Å²) in [6, 6.07) is 9.43. The summed E-state index contributed by atoms with van der Waals surface area (Å²) in [5.41, 5.74) is 3.72. The first-order valence-electron chi connectivity index (χ1n) is 11.9. The first kappa shape index (κ1) is 23.3. The van der Waals surface area contributed by atoms with Gasteiger partial charge in [0.25, 0.3) is 0 Å². The van der Waals surface area contributed by atoms with Crippen LogP contribution in [-0.2, 0) is 4.79 Å². The van der Waals surface area contributed by atoms with Crippen LogP contribution < -0.4 is 5.32 Å². The Balaban J connectivity index is 1.44. The Kier molecular flexibility index (Phi) is 5.79. The van der Waals surface area contributed by atoms with E-state index in [9.17, 15) is 9.18 Å². The van der Waals surface area contributed by atoms with Crippen molar-refractivity contribution in [3.05, 3.63) is 72.8 Å². The van der Waals surface area contributed by atoms with E-state index in [1.165, 1.54) is 30.7 Å². The summed E-state index contributed by atoms with van der Waals surface area (Å²) >= 11 is 0. The van der Waals surface area contributed by atoms with Gasteiger partial charge in [0.1, 0.15) is 22.7 Å². The molecule has 0 saturated carbocycles. The fourth-order valence-corrected chi connectivity index (χ4v) is 4.33. The molecular formula is C27H20F2N8O. The molecule has 0 spiro atoms. The number of fused-ring (bicyclic) bond motifs is 2. The number of hydrogen-bond donors (Lipinski definition) is 3. The Bertz CT molecular complexity index is 1830. The van der Waals surface area contributed by atoms with Gasteiger partial charge in [0.05, 0.1) is 40.2 Å². The van der Waals surface area contributed by atoms with Gasteiger partial charge in [-0.1, -0.05) is 19.1 Å². The standard InChI is InChI=1S/C27H20F2N8O/c1-2-4-20(38)33-17-10-15(11-30-12-17)23-22(29)21-19(13-32-23)36-37-26(21)27-34-18-7-8-31-24(25(18)35-27)14-5-3-6-16(28)9-14/h3,5-13H,2,4H2,1H3,(H,33,38)(H,34,35)(H,36,37). The number of hydrogen-bond acceptors (Lipinski definition) is 6. The molecule has 0 unspecified atom stereocenters. The number of nitrogens with one attached hydrogen (secondary N) is 3. The van der Waals surface area contributed by atoms with Crippen molar-refractivity contribution >= 4 is 33.5 Å². The molecule has 0 aliphatic carbocycles. The largest absolute Gasteiger partial charge is 0.336 e. The van der Waals surface area contributed by atoms with Crippen LogP contribution in [0.4, 0.5) is 14.5 Å². The van der Waals surface area contributed by atoms with Gasteiger partial charge in [-0.25, -0.2) is 13.8 Å². The van der Waals surface area contributed by atoms with Crippen molar-refractivity contribution < 1.29 is 13.6 Å². The zero-order valence-electron chi connectivity index (χ0n) is 20.1. The number of aromatic nitrogens is 7. The Morgan fingerprint density at radius 1 is 0.974 bits per heavy atom. The van der Waals surface area contributed by atoms with Crippen molar-refractivity contribution in [1.82, 2.24) is 35.1 Å². The molecule has 9 nitrogen and oxygen atoms in total. The first-order chi connectivity index (χ1) is 18.5. The Morgan fingerprint density at radius 3 is 2.71 bits per heavy atom. The zero-order chi connectivity index (χ0) is 26.2. The molecule has 0 radical (unpaired) electrons. The number of H-pyrrole nitrogens is 2. The molecule has 5 heterocycles. The summed E-state index contributed by atoms with van der Waals surface area (Å²) in [5, 5.41) is 10.1. The number of amides is 1. The lowest BCUT2D eigenvalue weighted by Crippen LogP contribution is -2.10. The Labute approximate surface area is 214 Å². The second-order valence-corrected chi connectivity index (χ2v) is 8.69. The van der Waals surface area contributed by atoms with Crippen molar-refractivity contribution in [3.63, 3.8) is 0 Å². The van der Waals surface area contributed by atoms with E-state index in [1.54, 1.807) is 30.5 Å². The van der Waals surface area contributed by atoms with Crippen LogP contribution in [0.2, 0.25) is 0 Å². The van der Waals surface area contributed by atoms with E-state index in [2.05, 4.69) is 40.4 Å². The smallest absolute Gasteiger partial charge is 0.224 e. The number of halogens is 2. The van der Waals surface area contributed by atoms with Gasteiger partial charge in [-0.15, -0.1) is 0 Å². The highest BCUT2D eigenvalue weighted by atomic mass is 19.1. The predicted molar refractivity (Wildman–Crippen MR) is 139 cm³/mol. The molecule has 188 valence electrons. The number of rotatable bonds is 6. The Hall–Kier alpha value is -5.06. The van der Waals surface area contributed by atoms with E-state index in [-0.39, 0.29) is 28.5 Å². The maximum Gasteiger partial charge on any atom is 0.224 e. The number of pyridine rings is 3. The fraction of sp³-hybridized carbons (Fsp3) is 0.111. The summed E-state index contributed by atoms with van der Waals surface area (Å²) in [6.45, 7) is 1.91. The van der Waals surface area contributed by atoms with Crippen molar-refractivity contribution in [2.45, 2.75) is 19.8 Å². The Morgan fingerprint density at radius 2 is 1.87 bits per heavy atom. The van der Waals surface area contributed by atoms with Crippen LogP contribution in [-0.4, -0.2) is 41.0 Å². The molecule has 0 fully saturated rings. The average Bonchev–Trinajstić information content (AvgIpc) is 3.54. The highest BCUT2D eigenvalue weighted by Crippen LogP contribution is 2.34. The van der Waals surface area contributed by atoms with Crippen LogP contribution in [0, 0.1) is 11.6 Å². The molecular weight excluding hydrogens is 490 g/mol. The number of nitrogens with zero attached hydrogens (tertiary/aromatic N) is 5. The molecule has 5 aromatic heterocycles. The summed E-state index contributed by atoms with van der Waals surface area (Å²) in [7, 11) is 0. The number of benzene rings is 1. The summed E-state index contributed by atoms with van der Waals surface area (Å²) in [6.07, 6.45) is 7.12. The normalized spacial score (nSPS) is 11.3. The van der Waals surface area contributed by atoms with Crippen molar-refractivity contribution in [2.24, 2.45) is 0 Å². The molecule has 3 N–H and O–H groups in total. The van der Waals surface area contributed by atoms with Crippen LogP contribution in [0.15, 0.2) is 61.2 Å². The molecule has 6 aromatic rings. The molecule has 0 aliphatic heterocycles. The molecule has 0 aliphatic rings. The fourth-order valence-electron chi connectivity index (χ4n) is 4.33. The number of aromatic amines is 2. The third kappa shape index (κ3) is 4.13. The molecule has 38 heavy (non-hydrogen) atoms. The summed E-state index contributed by atoms with van der Waals surface area (Å²) in [5.74, 6) is -0.842. The van der Waals surface area contributed by atoms with Gasteiger partial charge in [-0.2, -0.15) is 5.10 Å². The highest BCUT2D eigenvalue weighted by molar-refractivity contribution is 5.97. The molecule has 0 saturated heterocycles. The minimum Gasteiger partial charge on any atom is -0.336 e. The van der Waals surface area contributed by atoms with Gasteiger partial charge in [0, 0.05) is 29.9 Å². The van der Waals surface area contributed by atoms with Gasteiger partial charge in [0.2, 0.25) is 5.91 Å².